The number of carbonyl (C=O) groups is 1. The number of allylic oxidation sites excluding steroid dienone is 2. The molecule has 1 saturated heterocycles. The number of piperidine rings is 1. The molecule has 1 fully saturated rings. The van der Waals surface area contributed by atoms with Gasteiger partial charge in [0.15, 0.2) is 0 Å². The van der Waals surface area contributed by atoms with E-state index < -0.39 is 0 Å². The number of nitrogens with one attached hydrogen (secondary N) is 1. The van der Waals surface area contributed by atoms with Crippen LogP contribution >= 0.6 is 0 Å². The number of ether oxygens (including phenoxy) is 1. The number of carbonyl (C=O) groups excluding carboxylic acids is 1. The fraction of sp³-hybridized carbons (Fsp3) is 0.800. The third-order valence-corrected chi connectivity index (χ3v) is 4.29. The van der Waals surface area contributed by atoms with Gasteiger partial charge in [-0.2, -0.15) is 0 Å². The van der Waals surface area contributed by atoms with Crippen LogP contribution in [0.2, 0.25) is 0 Å². The second-order valence-corrected chi connectivity index (χ2v) is 6.03. The molecule has 1 unspecified atom stereocenters. The molecule has 1 aliphatic heterocycles. The van der Waals surface area contributed by atoms with Crippen molar-refractivity contribution in [2.75, 3.05) is 13.1 Å². The quantitative estimate of drug-likeness (QED) is 0.619. The summed E-state index contributed by atoms with van der Waals surface area (Å²) in [6, 6.07) is 0. The van der Waals surface area contributed by atoms with Crippen LogP contribution in [0.5, 0.6) is 0 Å². The SMILES string of the molecule is CC(C)(OC(=O)C1CC=CCC1)C1CCNCC1. The summed E-state index contributed by atoms with van der Waals surface area (Å²) < 4.78 is 5.82. The maximum atomic E-state index is 12.2. The molecule has 0 radical (unpaired) electrons. The van der Waals surface area contributed by atoms with Crippen LogP contribution in [0.4, 0.5) is 0 Å². The Labute approximate surface area is 110 Å². The van der Waals surface area contributed by atoms with Crippen molar-refractivity contribution >= 4 is 5.97 Å². The van der Waals surface area contributed by atoms with Gasteiger partial charge in [0, 0.05) is 5.92 Å². The van der Waals surface area contributed by atoms with Crippen molar-refractivity contribution in [2.24, 2.45) is 11.8 Å². The maximum Gasteiger partial charge on any atom is 0.309 e. The zero-order valence-electron chi connectivity index (χ0n) is 11.6. The zero-order chi connectivity index (χ0) is 13.0. The Morgan fingerprint density at radius 2 is 1.94 bits per heavy atom. The first kappa shape index (κ1) is 13.6. The number of hydrogen-bond donors (Lipinski definition) is 1. The molecular weight excluding hydrogens is 226 g/mol. The third-order valence-electron chi connectivity index (χ3n) is 4.29. The van der Waals surface area contributed by atoms with Gasteiger partial charge in [-0.15, -0.1) is 0 Å². The van der Waals surface area contributed by atoms with E-state index in [-0.39, 0.29) is 17.5 Å². The van der Waals surface area contributed by atoms with Crippen LogP contribution in [0.15, 0.2) is 12.2 Å². The fourth-order valence-electron chi connectivity index (χ4n) is 2.95. The summed E-state index contributed by atoms with van der Waals surface area (Å²) in [5, 5.41) is 3.35. The summed E-state index contributed by atoms with van der Waals surface area (Å²) in [5.74, 6) is 0.570. The Balaban J connectivity index is 1.89. The number of hydrogen-bond acceptors (Lipinski definition) is 3. The first-order valence-electron chi connectivity index (χ1n) is 7.18. The van der Waals surface area contributed by atoms with Crippen molar-refractivity contribution in [1.82, 2.24) is 5.32 Å². The third kappa shape index (κ3) is 3.35. The van der Waals surface area contributed by atoms with Crippen molar-refractivity contribution in [3.05, 3.63) is 12.2 Å². The van der Waals surface area contributed by atoms with Crippen LogP contribution in [0.3, 0.4) is 0 Å². The minimum Gasteiger partial charge on any atom is -0.459 e. The van der Waals surface area contributed by atoms with Gasteiger partial charge < -0.3 is 10.1 Å². The topological polar surface area (TPSA) is 38.3 Å². The van der Waals surface area contributed by atoms with Gasteiger partial charge in [0.25, 0.3) is 0 Å². The second-order valence-electron chi connectivity index (χ2n) is 6.03. The maximum absolute atomic E-state index is 12.2. The molecule has 0 spiro atoms. The molecular formula is C15H25NO2. The van der Waals surface area contributed by atoms with Gasteiger partial charge in [0.2, 0.25) is 0 Å². The lowest BCUT2D eigenvalue weighted by atomic mass is 9.83. The highest BCUT2D eigenvalue weighted by Gasteiger charge is 2.35. The van der Waals surface area contributed by atoms with Crippen molar-refractivity contribution in [2.45, 2.75) is 51.6 Å². The number of esters is 1. The van der Waals surface area contributed by atoms with E-state index in [0.29, 0.717) is 5.92 Å². The Morgan fingerprint density at radius 3 is 2.56 bits per heavy atom. The van der Waals surface area contributed by atoms with Gasteiger partial charge in [0.05, 0.1) is 5.92 Å². The lowest BCUT2D eigenvalue weighted by Gasteiger charge is -2.37. The summed E-state index contributed by atoms with van der Waals surface area (Å²) in [4.78, 5) is 12.2. The van der Waals surface area contributed by atoms with Crippen molar-refractivity contribution < 1.29 is 9.53 Å². The smallest absolute Gasteiger partial charge is 0.309 e. The molecule has 0 aromatic rings. The minimum atomic E-state index is -0.319. The van der Waals surface area contributed by atoms with E-state index in [9.17, 15) is 4.79 Å². The van der Waals surface area contributed by atoms with Crippen LogP contribution in [-0.4, -0.2) is 24.7 Å². The Kier molecular flexibility index (Phi) is 4.44. The monoisotopic (exact) mass is 251 g/mol. The summed E-state index contributed by atoms with van der Waals surface area (Å²) in [7, 11) is 0. The summed E-state index contributed by atoms with van der Waals surface area (Å²) in [6.07, 6.45) is 9.26. The lowest BCUT2D eigenvalue weighted by Crippen LogP contribution is -2.43. The van der Waals surface area contributed by atoms with E-state index in [1.54, 1.807) is 0 Å². The molecule has 1 heterocycles. The average molecular weight is 251 g/mol. The predicted molar refractivity (Wildman–Crippen MR) is 72.2 cm³/mol. The van der Waals surface area contributed by atoms with E-state index in [2.05, 4.69) is 31.3 Å². The molecule has 102 valence electrons. The van der Waals surface area contributed by atoms with Gasteiger partial charge in [0.1, 0.15) is 5.60 Å². The molecule has 1 aliphatic carbocycles. The van der Waals surface area contributed by atoms with E-state index in [4.69, 9.17) is 4.74 Å². The van der Waals surface area contributed by atoms with E-state index in [1.807, 2.05) is 0 Å². The molecule has 0 aromatic heterocycles. The van der Waals surface area contributed by atoms with Crippen LogP contribution in [0.1, 0.15) is 46.0 Å². The van der Waals surface area contributed by atoms with Gasteiger partial charge in [-0.1, -0.05) is 12.2 Å². The molecule has 0 saturated carbocycles. The Hall–Kier alpha value is -0.830. The molecule has 2 rings (SSSR count). The average Bonchev–Trinajstić information content (AvgIpc) is 2.40. The van der Waals surface area contributed by atoms with Crippen molar-refractivity contribution in [1.29, 1.82) is 0 Å². The summed E-state index contributed by atoms with van der Waals surface area (Å²) in [5.41, 5.74) is -0.319. The van der Waals surface area contributed by atoms with Gasteiger partial charge in [-0.05, 0) is 59.0 Å². The standard InChI is InChI=1S/C15H25NO2/c1-15(2,13-8-10-16-11-9-13)18-14(17)12-6-4-3-5-7-12/h3-4,12-13,16H,5-11H2,1-2H3. The van der Waals surface area contributed by atoms with Crippen LogP contribution in [-0.2, 0) is 9.53 Å². The highest BCUT2D eigenvalue weighted by molar-refractivity contribution is 5.73. The zero-order valence-corrected chi connectivity index (χ0v) is 11.6. The largest absolute Gasteiger partial charge is 0.459 e. The molecule has 3 heteroatoms. The molecule has 0 aromatic carbocycles. The predicted octanol–water partition coefficient (Wildman–Crippen LogP) is 2.66. The first-order valence-corrected chi connectivity index (χ1v) is 7.18. The minimum absolute atomic E-state index is 0.00267. The lowest BCUT2D eigenvalue weighted by molar-refractivity contribution is -0.168. The van der Waals surface area contributed by atoms with Crippen LogP contribution in [0, 0.1) is 11.8 Å². The number of rotatable bonds is 3. The molecule has 18 heavy (non-hydrogen) atoms. The molecule has 1 N–H and O–H groups in total. The second kappa shape index (κ2) is 5.87. The van der Waals surface area contributed by atoms with Crippen molar-refractivity contribution in [3.63, 3.8) is 0 Å². The highest BCUT2D eigenvalue weighted by Crippen LogP contribution is 2.31. The first-order chi connectivity index (χ1) is 8.59. The van der Waals surface area contributed by atoms with Gasteiger partial charge in [-0.3, -0.25) is 4.79 Å². The normalized spacial score (nSPS) is 26.0. The molecule has 2 aliphatic rings. The van der Waals surface area contributed by atoms with Gasteiger partial charge >= 0.3 is 5.97 Å². The Morgan fingerprint density at radius 1 is 1.22 bits per heavy atom. The summed E-state index contributed by atoms with van der Waals surface area (Å²) in [6.45, 7) is 6.22. The van der Waals surface area contributed by atoms with Crippen molar-refractivity contribution in [3.8, 4) is 0 Å². The van der Waals surface area contributed by atoms with Crippen LogP contribution in [0.25, 0.3) is 0 Å². The van der Waals surface area contributed by atoms with Gasteiger partial charge in [-0.25, -0.2) is 0 Å². The Bertz CT molecular complexity index is 316. The van der Waals surface area contributed by atoms with E-state index >= 15 is 0 Å². The fourth-order valence-corrected chi connectivity index (χ4v) is 2.95. The highest BCUT2D eigenvalue weighted by atomic mass is 16.6. The molecule has 1 atom stereocenters. The van der Waals surface area contributed by atoms with Crippen LogP contribution < -0.4 is 5.32 Å². The molecule has 3 nitrogen and oxygen atoms in total. The molecule has 0 amide bonds. The summed E-state index contributed by atoms with van der Waals surface area (Å²) >= 11 is 0. The van der Waals surface area contributed by atoms with E-state index in [1.165, 1.54) is 0 Å². The van der Waals surface area contributed by atoms with E-state index in [0.717, 1.165) is 45.2 Å². The molecule has 0 bridgehead atoms.